The monoisotopic (exact) mass is 383 g/mol. The fourth-order valence-electron chi connectivity index (χ4n) is 2.26. The number of benzene rings is 2. The van der Waals surface area contributed by atoms with Gasteiger partial charge in [-0.1, -0.05) is 30.3 Å². The van der Waals surface area contributed by atoms with Crippen molar-refractivity contribution in [3.63, 3.8) is 0 Å². The van der Waals surface area contributed by atoms with E-state index in [9.17, 15) is 13.2 Å². The Hall–Kier alpha value is -3.26. The molecule has 138 valence electrons. The smallest absolute Gasteiger partial charge is 0.262 e. The fraction of sp³-hybridized carbons (Fsp3) is 0.105. The van der Waals surface area contributed by atoms with Gasteiger partial charge in [0, 0.05) is 17.5 Å². The van der Waals surface area contributed by atoms with Crippen LogP contribution in [0.15, 0.2) is 71.8 Å². The minimum absolute atomic E-state index is 0.0754. The summed E-state index contributed by atoms with van der Waals surface area (Å²) in [5.74, 6) is 0.350. The van der Waals surface area contributed by atoms with Crippen LogP contribution in [0.3, 0.4) is 0 Å². The molecule has 0 unspecified atom stereocenters. The fourth-order valence-corrected chi connectivity index (χ4v) is 2.76. The molecule has 1 heterocycles. The van der Waals surface area contributed by atoms with Crippen molar-refractivity contribution >= 4 is 21.4 Å². The molecule has 0 spiro atoms. The van der Waals surface area contributed by atoms with Crippen molar-refractivity contribution in [1.82, 2.24) is 10.2 Å². The van der Waals surface area contributed by atoms with Crippen LogP contribution in [0.2, 0.25) is 0 Å². The Labute approximate surface area is 156 Å². The molecule has 0 fully saturated rings. The second-order valence-corrected chi connectivity index (χ2v) is 7.72. The quantitative estimate of drug-likeness (QED) is 0.702. The highest BCUT2D eigenvalue weighted by Gasteiger charge is 2.10. The maximum atomic E-state index is 12.0. The molecule has 8 heteroatoms. The molecule has 27 heavy (non-hydrogen) atoms. The van der Waals surface area contributed by atoms with E-state index in [0.717, 1.165) is 11.8 Å². The topological polar surface area (TPSA) is 98.2 Å². The van der Waals surface area contributed by atoms with E-state index in [1.165, 1.54) is 6.07 Å². The molecule has 0 aliphatic carbocycles. The number of carbonyl (C=O) groups is 1. The summed E-state index contributed by atoms with van der Waals surface area (Å²) in [6.07, 6.45) is 1.08. The summed E-state index contributed by atoms with van der Waals surface area (Å²) in [6.45, 7) is -0.0931. The number of hydrogen-bond acceptors (Lipinski definition) is 6. The van der Waals surface area contributed by atoms with Gasteiger partial charge in [0.1, 0.15) is 5.75 Å². The average molecular weight is 383 g/mol. The highest BCUT2D eigenvalue weighted by atomic mass is 32.2. The number of nitrogens with one attached hydrogen (secondary N) is 1. The Balaban J connectivity index is 1.60. The van der Waals surface area contributed by atoms with E-state index in [4.69, 9.17) is 4.74 Å². The van der Waals surface area contributed by atoms with E-state index in [0.29, 0.717) is 17.1 Å². The predicted octanol–water partition coefficient (Wildman–Crippen LogP) is 2.56. The van der Waals surface area contributed by atoms with Crippen molar-refractivity contribution in [2.45, 2.75) is 5.03 Å². The summed E-state index contributed by atoms with van der Waals surface area (Å²) >= 11 is 0. The third-order valence-corrected chi connectivity index (χ3v) is 4.58. The van der Waals surface area contributed by atoms with Crippen molar-refractivity contribution in [3.8, 4) is 17.0 Å². The molecule has 0 saturated carbocycles. The van der Waals surface area contributed by atoms with Crippen LogP contribution in [-0.2, 0) is 14.6 Å². The van der Waals surface area contributed by atoms with Crippen LogP contribution >= 0.6 is 0 Å². The third kappa shape index (κ3) is 5.11. The number of nitrogens with zero attached hydrogens (tertiary/aromatic N) is 2. The Bertz CT molecular complexity index is 1020. The Kier molecular flexibility index (Phi) is 5.46. The van der Waals surface area contributed by atoms with Crippen LogP contribution < -0.4 is 10.1 Å². The van der Waals surface area contributed by atoms with Gasteiger partial charge in [0.25, 0.3) is 5.91 Å². The number of amides is 1. The first-order chi connectivity index (χ1) is 12.9. The van der Waals surface area contributed by atoms with Gasteiger partial charge in [0.2, 0.25) is 0 Å². The maximum Gasteiger partial charge on any atom is 0.262 e. The molecule has 0 radical (unpaired) electrons. The van der Waals surface area contributed by atoms with Crippen LogP contribution in [0.4, 0.5) is 5.69 Å². The van der Waals surface area contributed by atoms with Crippen molar-refractivity contribution in [1.29, 1.82) is 0 Å². The zero-order valence-corrected chi connectivity index (χ0v) is 15.3. The summed E-state index contributed by atoms with van der Waals surface area (Å²) < 4.78 is 28.2. The maximum absolute atomic E-state index is 12.0. The van der Waals surface area contributed by atoms with Gasteiger partial charge < -0.3 is 10.1 Å². The van der Waals surface area contributed by atoms with Crippen LogP contribution in [0.1, 0.15) is 0 Å². The van der Waals surface area contributed by atoms with Gasteiger partial charge in [-0.2, -0.15) is 0 Å². The van der Waals surface area contributed by atoms with Gasteiger partial charge in [-0.05, 0) is 36.4 Å². The molecule has 0 bridgehead atoms. The van der Waals surface area contributed by atoms with E-state index in [1.54, 1.807) is 42.5 Å². The molecule has 0 aliphatic rings. The van der Waals surface area contributed by atoms with Crippen molar-refractivity contribution in [3.05, 3.63) is 66.7 Å². The van der Waals surface area contributed by atoms with Gasteiger partial charge >= 0.3 is 0 Å². The number of para-hydroxylation sites is 1. The molecule has 3 aromatic rings. The van der Waals surface area contributed by atoms with E-state index >= 15 is 0 Å². The lowest BCUT2D eigenvalue weighted by Crippen LogP contribution is -2.20. The largest absolute Gasteiger partial charge is 0.484 e. The van der Waals surface area contributed by atoms with Crippen LogP contribution in [0, 0.1) is 0 Å². The summed E-state index contributed by atoms with van der Waals surface area (Å²) in [7, 11) is -3.38. The summed E-state index contributed by atoms with van der Waals surface area (Å²) in [5, 5.41) is 10.3. The van der Waals surface area contributed by atoms with Gasteiger partial charge in [0.05, 0.1) is 5.69 Å². The molecule has 3 rings (SSSR count). The Morgan fingerprint density at radius 3 is 2.26 bits per heavy atom. The number of carbonyl (C=O) groups excluding carboxylic acids is 1. The second-order valence-electron chi connectivity index (χ2n) is 5.76. The molecule has 7 nitrogen and oxygen atoms in total. The number of ether oxygens (including phenoxy) is 1. The zero-order valence-electron chi connectivity index (χ0n) is 14.5. The number of hydrogen-bond donors (Lipinski definition) is 1. The van der Waals surface area contributed by atoms with Crippen molar-refractivity contribution in [2.24, 2.45) is 0 Å². The van der Waals surface area contributed by atoms with E-state index in [2.05, 4.69) is 15.5 Å². The number of rotatable bonds is 6. The molecule has 0 atom stereocenters. The first-order valence-electron chi connectivity index (χ1n) is 8.04. The lowest BCUT2D eigenvalue weighted by Gasteiger charge is -2.08. The SMILES string of the molecule is CS(=O)(=O)c1ccc(-c2ccc(NC(=O)COc3ccccc3)cc2)nn1. The third-order valence-electron chi connectivity index (χ3n) is 3.60. The minimum atomic E-state index is -3.38. The van der Waals surface area contributed by atoms with Crippen LogP contribution in [-0.4, -0.2) is 37.4 Å². The number of anilines is 1. The molecular formula is C19H17N3O4S. The average Bonchev–Trinajstić information content (AvgIpc) is 2.67. The number of aromatic nitrogens is 2. The van der Waals surface area contributed by atoms with Gasteiger partial charge in [0.15, 0.2) is 21.5 Å². The second kappa shape index (κ2) is 7.96. The number of sulfone groups is 1. The van der Waals surface area contributed by atoms with E-state index < -0.39 is 9.84 Å². The highest BCUT2D eigenvalue weighted by molar-refractivity contribution is 7.90. The van der Waals surface area contributed by atoms with E-state index in [-0.39, 0.29) is 17.5 Å². The normalized spacial score (nSPS) is 11.0. The molecule has 0 aliphatic heterocycles. The summed E-state index contributed by atoms with van der Waals surface area (Å²) in [4.78, 5) is 12.0. The molecule has 1 amide bonds. The zero-order chi connectivity index (χ0) is 19.3. The lowest BCUT2D eigenvalue weighted by atomic mass is 10.1. The molecular weight excluding hydrogens is 366 g/mol. The van der Waals surface area contributed by atoms with Gasteiger partial charge in [-0.15, -0.1) is 10.2 Å². The van der Waals surface area contributed by atoms with Crippen molar-refractivity contribution < 1.29 is 17.9 Å². The molecule has 1 N–H and O–H groups in total. The van der Waals surface area contributed by atoms with Crippen LogP contribution in [0.25, 0.3) is 11.3 Å². The summed E-state index contributed by atoms with van der Waals surface area (Å²) in [5.41, 5.74) is 1.90. The van der Waals surface area contributed by atoms with Gasteiger partial charge in [-0.3, -0.25) is 4.79 Å². The van der Waals surface area contributed by atoms with Crippen molar-refractivity contribution in [2.75, 3.05) is 18.2 Å². The van der Waals surface area contributed by atoms with Crippen LogP contribution in [0.5, 0.6) is 5.75 Å². The Morgan fingerprint density at radius 2 is 1.67 bits per heavy atom. The van der Waals surface area contributed by atoms with Gasteiger partial charge in [-0.25, -0.2) is 8.42 Å². The first kappa shape index (κ1) is 18.5. The lowest BCUT2D eigenvalue weighted by molar-refractivity contribution is -0.118. The standard InChI is InChI=1S/C19H17N3O4S/c1-27(24,25)19-12-11-17(21-22-19)14-7-9-15(10-8-14)20-18(23)13-26-16-5-3-2-4-6-16/h2-12H,13H2,1H3,(H,20,23). The predicted molar refractivity (Wildman–Crippen MR) is 101 cm³/mol. The molecule has 2 aromatic carbocycles. The van der Waals surface area contributed by atoms with E-state index in [1.807, 2.05) is 18.2 Å². The molecule has 0 saturated heterocycles. The Morgan fingerprint density at radius 1 is 0.963 bits per heavy atom. The summed E-state index contributed by atoms with van der Waals surface area (Å²) in [6, 6.07) is 19.1. The minimum Gasteiger partial charge on any atom is -0.484 e. The molecule has 1 aromatic heterocycles. The first-order valence-corrected chi connectivity index (χ1v) is 9.93. The highest BCUT2D eigenvalue weighted by Crippen LogP contribution is 2.20.